The first-order valence-electron chi connectivity index (χ1n) is 9.90. The third kappa shape index (κ3) is 4.68. The number of carbonyl (C=O) groups excluding carboxylic acids is 2. The van der Waals surface area contributed by atoms with E-state index in [1.54, 1.807) is 18.3 Å². The minimum absolute atomic E-state index is 0.0183. The summed E-state index contributed by atoms with van der Waals surface area (Å²) in [5.41, 5.74) is 0.534. The van der Waals surface area contributed by atoms with Crippen molar-refractivity contribution in [1.82, 2.24) is 15.2 Å². The van der Waals surface area contributed by atoms with Crippen LogP contribution in [0, 0.1) is 0 Å². The number of ether oxygens (including phenoxy) is 2. The van der Waals surface area contributed by atoms with Crippen molar-refractivity contribution >= 4 is 17.6 Å². The maximum absolute atomic E-state index is 13.3. The summed E-state index contributed by atoms with van der Waals surface area (Å²) in [6.07, 6.45) is 0.0149. The van der Waals surface area contributed by atoms with Crippen LogP contribution in [0.5, 0.6) is 0 Å². The summed E-state index contributed by atoms with van der Waals surface area (Å²) in [5, 5.41) is 15.7. The number of aliphatic hydroxyl groups excluding tert-OH is 1. The Morgan fingerprint density at radius 2 is 2.20 bits per heavy atom. The van der Waals surface area contributed by atoms with E-state index in [1.807, 2.05) is 0 Å². The van der Waals surface area contributed by atoms with Gasteiger partial charge in [-0.15, -0.1) is 0 Å². The van der Waals surface area contributed by atoms with Crippen LogP contribution >= 0.6 is 0 Å². The van der Waals surface area contributed by atoms with Crippen LogP contribution in [0.1, 0.15) is 19.3 Å². The fourth-order valence-corrected chi connectivity index (χ4v) is 4.09. The summed E-state index contributed by atoms with van der Waals surface area (Å²) in [6.45, 7) is -0.436. The first-order chi connectivity index (χ1) is 14.3. The lowest BCUT2D eigenvalue weighted by Gasteiger charge is -2.22. The summed E-state index contributed by atoms with van der Waals surface area (Å²) in [6, 6.07) is 2.92. The average molecular weight is 426 g/mol. The number of likely N-dealkylation sites (tertiary alicyclic amines) is 1. The summed E-state index contributed by atoms with van der Waals surface area (Å²) >= 11 is 0. The predicted molar refractivity (Wildman–Crippen MR) is 100.0 cm³/mol. The van der Waals surface area contributed by atoms with E-state index in [9.17, 15) is 23.5 Å². The van der Waals surface area contributed by atoms with Crippen molar-refractivity contribution < 1.29 is 33.0 Å². The molecule has 0 aliphatic carbocycles. The van der Waals surface area contributed by atoms with Crippen LogP contribution in [0.15, 0.2) is 24.5 Å². The largest absolute Gasteiger partial charge is 0.388 e. The first kappa shape index (κ1) is 20.9. The monoisotopic (exact) mass is 426 g/mol. The molecule has 0 radical (unpaired) electrons. The van der Waals surface area contributed by atoms with E-state index >= 15 is 0 Å². The van der Waals surface area contributed by atoms with E-state index in [2.05, 4.69) is 15.6 Å². The number of carbonyl (C=O) groups is 2. The van der Waals surface area contributed by atoms with E-state index in [1.165, 1.54) is 6.20 Å². The molecule has 0 saturated carbocycles. The Morgan fingerprint density at radius 1 is 1.37 bits per heavy atom. The lowest BCUT2D eigenvalue weighted by molar-refractivity contribution is -0.135. The number of anilines is 1. The standard InChI is InChI=1S/C19H24F2N4O5/c20-19(21)3-5-25(10-19)15(26)7-12-6-13-17(29-12)16(27)14(30-13)9-23-18(28)24-11-2-1-4-22-8-11/h1-2,4,8,12-14,16-17,27H,3,5-7,9-10H2,(H2,23,24,28). The van der Waals surface area contributed by atoms with E-state index in [4.69, 9.17) is 9.47 Å². The van der Waals surface area contributed by atoms with Gasteiger partial charge in [0.05, 0.1) is 37.1 Å². The van der Waals surface area contributed by atoms with E-state index in [0.29, 0.717) is 12.1 Å². The molecule has 164 valence electrons. The Labute approximate surface area is 171 Å². The molecule has 5 unspecified atom stereocenters. The van der Waals surface area contributed by atoms with Crippen LogP contribution < -0.4 is 10.6 Å². The molecule has 1 aromatic rings. The lowest BCUT2D eigenvalue weighted by atomic mass is 10.1. The zero-order valence-electron chi connectivity index (χ0n) is 16.2. The van der Waals surface area contributed by atoms with Crippen LogP contribution in [0.4, 0.5) is 19.3 Å². The molecule has 4 rings (SSSR count). The molecule has 3 aliphatic rings. The van der Waals surface area contributed by atoms with Gasteiger partial charge in [-0.3, -0.25) is 9.78 Å². The van der Waals surface area contributed by atoms with Crippen LogP contribution in [0.2, 0.25) is 0 Å². The number of aliphatic hydroxyl groups is 1. The zero-order chi connectivity index (χ0) is 21.3. The predicted octanol–water partition coefficient (Wildman–Crippen LogP) is 0.747. The zero-order valence-corrected chi connectivity index (χ0v) is 16.2. The number of pyridine rings is 1. The minimum Gasteiger partial charge on any atom is -0.388 e. The number of halogens is 2. The summed E-state index contributed by atoms with van der Waals surface area (Å²) in [4.78, 5) is 29.2. The Kier molecular flexibility index (Phi) is 5.85. The number of fused-ring (bicyclic) bond motifs is 1. The van der Waals surface area contributed by atoms with E-state index in [0.717, 1.165) is 4.90 Å². The molecule has 3 amide bonds. The number of hydrogen-bond donors (Lipinski definition) is 3. The van der Waals surface area contributed by atoms with E-state index < -0.39 is 49.0 Å². The third-order valence-electron chi connectivity index (χ3n) is 5.59. The third-order valence-corrected chi connectivity index (χ3v) is 5.59. The summed E-state index contributed by atoms with van der Waals surface area (Å²) in [7, 11) is 0. The highest BCUT2D eigenvalue weighted by atomic mass is 19.3. The molecule has 1 aromatic heterocycles. The van der Waals surface area contributed by atoms with Gasteiger partial charge in [0, 0.05) is 32.1 Å². The fraction of sp³-hybridized carbons (Fsp3) is 0.632. The van der Waals surface area contributed by atoms with Crippen molar-refractivity contribution in [2.75, 3.05) is 25.0 Å². The fourth-order valence-electron chi connectivity index (χ4n) is 4.09. The maximum atomic E-state index is 13.3. The topological polar surface area (TPSA) is 113 Å². The highest BCUT2D eigenvalue weighted by Crippen LogP contribution is 2.36. The minimum atomic E-state index is -2.83. The summed E-state index contributed by atoms with van der Waals surface area (Å²) in [5.74, 6) is -3.21. The van der Waals surface area contributed by atoms with Crippen molar-refractivity contribution in [2.45, 2.75) is 55.7 Å². The van der Waals surface area contributed by atoms with Gasteiger partial charge in [-0.1, -0.05) is 0 Å². The average Bonchev–Trinajstić information content (AvgIpc) is 3.35. The Balaban J connectivity index is 1.21. The quantitative estimate of drug-likeness (QED) is 0.641. The lowest BCUT2D eigenvalue weighted by Crippen LogP contribution is -2.42. The molecule has 3 fully saturated rings. The number of alkyl halides is 2. The van der Waals surface area contributed by atoms with Crippen molar-refractivity contribution in [3.8, 4) is 0 Å². The van der Waals surface area contributed by atoms with Crippen LogP contribution in [0.25, 0.3) is 0 Å². The van der Waals surface area contributed by atoms with Gasteiger partial charge >= 0.3 is 6.03 Å². The maximum Gasteiger partial charge on any atom is 0.319 e. The number of urea groups is 1. The highest BCUT2D eigenvalue weighted by Gasteiger charge is 2.51. The second-order valence-corrected chi connectivity index (χ2v) is 7.86. The van der Waals surface area contributed by atoms with Crippen LogP contribution in [-0.2, 0) is 14.3 Å². The van der Waals surface area contributed by atoms with E-state index in [-0.39, 0.29) is 31.8 Å². The molecule has 11 heteroatoms. The van der Waals surface area contributed by atoms with Gasteiger partial charge in [0.15, 0.2) is 0 Å². The van der Waals surface area contributed by atoms with Crippen molar-refractivity contribution in [3.63, 3.8) is 0 Å². The first-order valence-corrected chi connectivity index (χ1v) is 9.90. The van der Waals surface area contributed by atoms with Crippen molar-refractivity contribution in [1.29, 1.82) is 0 Å². The van der Waals surface area contributed by atoms with Gasteiger partial charge in [0.2, 0.25) is 5.91 Å². The summed E-state index contributed by atoms with van der Waals surface area (Å²) < 4.78 is 38.1. The van der Waals surface area contributed by atoms with Gasteiger partial charge in [-0.05, 0) is 12.1 Å². The SMILES string of the molecule is O=C(NCC1OC2CC(CC(=O)N3CCC(F)(F)C3)OC2C1O)Nc1cccnc1. The van der Waals surface area contributed by atoms with Crippen molar-refractivity contribution in [3.05, 3.63) is 24.5 Å². The molecule has 30 heavy (non-hydrogen) atoms. The Bertz CT molecular complexity index is 783. The van der Waals surface area contributed by atoms with Gasteiger partial charge < -0.3 is 30.1 Å². The normalized spacial score (nSPS) is 32.1. The van der Waals surface area contributed by atoms with Gasteiger partial charge in [-0.2, -0.15) is 0 Å². The van der Waals surface area contributed by atoms with Gasteiger partial charge in [0.25, 0.3) is 5.92 Å². The molecule has 4 heterocycles. The number of hydrogen-bond acceptors (Lipinski definition) is 6. The number of amides is 3. The molecule has 0 bridgehead atoms. The molecule has 3 aliphatic heterocycles. The molecule has 9 nitrogen and oxygen atoms in total. The Morgan fingerprint density at radius 3 is 2.87 bits per heavy atom. The van der Waals surface area contributed by atoms with Crippen LogP contribution in [-0.4, -0.2) is 83.0 Å². The Hall–Kier alpha value is -2.37. The second-order valence-electron chi connectivity index (χ2n) is 7.86. The number of aromatic nitrogens is 1. The number of rotatable bonds is 5. The van der Waals surface area contributed by atoms with Gasteiger partial charge in [0.1, 0.15) is 18.3 Å². The van der Waals surface area contributed by atoms with Crippen molar-refractivity contribution in [2.24, 2.45) is 0 Å². The molecular formula is C19H24F2N4O5. The smallest absolute Gasteiger partial charge is 0.319 e. The molecule has 5 atom stereocenters. The molecule has 3 N–H and O–H groups in total. The molecular weight excluding hydrogens is 402 g/mol. The van der Waals surface area contributed by atoms with Gasteiger partial charge in [-0.25, -0.2) is 13.6 Å². The molecule has 0 aromatic carbocycles. The highest BCUT2D eigenvalue weighted by molar-refractivity contribution is 5.88. The number of nitrogens with one attached hydrogen (secondary N) is 2. The second kappa shape index (κ2) is 8.40. The molecule has 3 saturated heterocycles. The number of nitrogens with zero attached hydrogens (tertiary/aromatic N) is 2. The van der Waals surface area contributed by atoms with Crippen LogP contribution in [0.3, 0.4) is 0 Å². The molecule has 0 spiro atoms.